The van der Waals surface area contributed by atoms with Crippen LogP contribution in [0.2, 0.25) is 0 Å². The number of fused-ring (bicyclic) bond motifs is 2. The molecule has 0 aliphatic rings. The van der Waals surface area contributed by atoms with Gasteiger partial charge in [0.2, 0.25) is 17.0 Å². The van der Waals surface area contributed by atoms with Crippen LogP contribution in [0, 0.1) is 0 Å². The molecule has 24 heavy (non-hydrogen) atoms. The molecule has 0 saturated carbocycles. The summed E-state index contributed by atoms with van der Waals surface area (Å²) in [6.07, 6.45) is 1.54. The summed E-state index contributed by atoms with van der Waals surface area (Å²) in [7, 11) is 0. The minimum atomic E-state index is -0.201. The number of hydrogen-bond donors (Lipinski definition) is 2. The van der Waals surface area contributed by atoms with Crippen molar-refractivity contribution in [3.05, 3.63) is 34.2 Å². The lowest BCUT2D eigenvalue weighted by atomic mass is 10.1. The SMILES string of the molecule is CC(C)c1cc2c(=O)c3cc(-c4nn[nH]n4)c(N)nc3oc2cn1. The minimum absolute atomic E-state index is 0.149. The van der Waals surface area contributed by atoms with Crippen molar-refractivity contribution in [1.82, 2.24) is 30.6 Å². The van der Waals surface area contributed by atoms with Crippen LogP contribution in [-0.4, -0.2) is 30.6 Å². The molecule has 4 aromatic heterocycles. The van der Waals surface area contributed by atoms with E-state index in [-0.39, 0.29) is 28.7 Å². The van der Waals surface area contributed by atoms with Crippen LogP contribution in [0.3, 0.4) is 0 Å². The largest absolute Gasteiger partial charge is 0.436 e. The highest BCUT2D eigenvalue weighted by molar-refractivity contribution is 5.91. The van der Waals surface area contributed by atoms with Crippen LogP contribution >= 0.6 is 0 Å². The second kappa shape index (κ2) is 5.08. The number of anilines is 1. The Hall–Kier alpha value is -3.36. The van der Waals surface area contributed by atoms with Crippen molar-refractivity contribution in [2.45, 2.75) is 19.8 Å². The zero-order valence-corrected chi connectivity index (χ0v) is 12.9. The molecular formula is C15H13N7O2. The summed E-state index contributed by atoms with van der Waals surface area (Å²) in [5, 5.41) is 14.3. The van der Waals surface area contributed by atoms with Gasteiger partial charge in [0.1, 0.15) is 5.82 Å². The fourth-order valence-corrected chi connectivity index (χ4v) is 2.49. The molecule has 0 amide bonds. The third-order valence-electron chi connectivity index (χ3n) is 3.78. The van der Waals surface area contributed by atoms with E-state index in [4.69, 9.17) is 10.2 Å². The summed E-state index contributed by atoms with van der Waals surface area (Å²) < 4.78 is 5.70. The topological polar surface area (TPSA) is 136 Å². The number of pyridine rings is 2. The predicted molar refractivity (Wildman–Crippen MR) is 87.3 cm³/mol. The average molecular weight is 323 g/mol. The molecule has 120 valence electrons. The Balaban J connectivity index is 2.06. The maximum absolute atomic E-state index is 12.9. The van der Waals surface area contributed by atoms with Crippen molar-refractivity contribution in [3.63, 3.8) is 0 Å². The van der Waals surface area contributed by atoms with Gasteiger partial charge in [-0.3, -0.25) is 9.78 Å². The van der Waals surface area contributed by atoms with E-state index >= 15 is 0 Å². The highest BCUT2D eigenvalue weighted by atomic mass is 16.3. The molecule has 0 spiro atoms. The molecule has 0 aromatic carbocycles. The van der Waals surface area contributed by atoms with Crippen molar-refractivity contribution in [2.24, 2.45) is 0 Å². The molecular weight excluding hydrogens is 310 g/mol. The monoisotopic (exact) mass is 323 g/mol. The smallest absolute Gasteiger partial charge is 0.232 e. The Morgan fingerprint density at radius 3 is 2.79 bits per heavy atom. The standard InChI is InChI=1S/C15H13N7O2/c1-6(2)10-4-7-11(5-17-10)24-15-8(12(7)23)3-9(13(16)18-15)14-19-21-22-20-14/h3-6H,1-2H3,(H2,16,18)(H,19,20,21,22). The number of nitrogens with one attached hydrogen (secondary N) is 1. The van der Waals surface area contributed by atoms with E-state index in [0.717, 1.165) is 5.69 Å². The lowest BCUT2D eigenvalue weighted by Crippen LogP contribution is -2.07. The van der Waals surface area contributed by atoms with E-state index in [0.29, 0.717) is 21.9 Å². The van der Waals surface area contributed by atoms with Gasteiger partial charge in [0, 0.05) is 5.69 Å². The van der Waals surface area contributed by atoms with Gasteiger partial charge in [-0.05, 0) is 23.3 Å². The summed E-state index contributed by atoms with van der Waals surface area (Å²) in [6.45, 7) is 4.01. The van der Waals surface area contributed by atoms with Gasteiger partial charge >= 0.3 is 0 Å². The lowest BCUT2D eigenvalue weighted by molar-refractivity contribution is 0.642. The third-order valence-corrected chi connectivity index (χ3v) is 3.78. The zero-order chi connectivity index (χ0) is 16.8. The molecule has 3 N–H and O–H groups in total. The van der Waals surface area contributed by atoms with Gasteiger partial charge in [-0.25, -0.2) is 0 Å². The van der Waals surface area contributed by atoms with E-state index in [2.05, 4.69) is 30.6 Å². The van der Waals surface area contributed by atoms with Crippen molar-refractivity contribution in [1.29, 1.82) is 0 Å². The minimum Gasteiger partial charge on any atom is -0.436 e. The van der Waals surface area contributed by atoms with E-state index < -0.39 is 0 Å². The molecule has 4 aromatic rings. The number of nitrogens with zero attached hydrogens (tertiary/aromatic N) is 5. The molecule has 9 heteroatoms. The Morgan fingerprint density at radius 1 is 1.25 bits per heavy atom. The summed E-state index contributed by atoms with van der Waals surface area (Å²) in [6, 6.07) is 3.32. The number of aromatic nitrogens is 6. The summed E-state index contributed by atoms with van der Waals surface area (Å²) >= 11 is 0. The maximum Gasteiger partial charge on any atom is 0.232 e. The molecule has 4 rings (SSSR count). The molecule has 9 nitrogen and oxygen atoms in total. The molecule has 0 saturated heterocycles. The zero-order valence-electron chi connectivity index (χ0n) is 12.9. The Kier molecular flexibility index (Phi) is 3.02. The van der Waals surface area contributed by atoms with Crippen molar-refractivity contribution >= 4 is 27.9 Å². The number of rotatable bonds is 2. The molecule has 0 bridgehead atoms. The summed E-state index contributed by atoms with van der Waals surface area (Å²) in [5.41, 5.74) is 7.48. The summed E-state index contributed by atoms with van der Waals surface area (Å²) in [4.78, 5) is 21.3. The van der Waals surface area contributed by atoms with Crippen LogP contribution in [0.4, 0.5) is 5.82 Å². The highest BCUT2D eigenvalue weighted by Gasteiger charge is 2.16. The molecule has 0 atom stereocenters. The number of aromatic amines is 1. The number of nitrogen functional groups attached to an aromatic ring is 1. The van der Waals surface area contributed by atoms with Gasteiger partial charge in [-0.1, -0.05) is 13.8 Å². The van der Waals surface area contributed by atoms with E-state index in [1.54, 1.807) is 12.1 Å². The maximum atomic E-state index is 12.9. The predicted octanol–water partition coefficient (Wildman–Crippen LogP) is 1.62. The van der Waals surface area contributed by atoms with Crippen molar-refractivity contribution < 1.29 is 4.42 Å². The molecule has 0 unspecified atom stereocenters. The molecule has 0 aliphatic heterocycles. The van der Waals surface area contributed by atoms with Gasteiger partial charge < -0.3 is 10.2 Å². The average Bonchev–Trinajstić information content (AvgIpc) is 3.08. The molecule has 0 radical (unpaired) electrons. The Morgan fingerprint density at radius 2 is 2.08 bits per heavy atom. The van der Waals surface area contributed by atoms with Crippen LogP contribution in [-0.2, 0) is 0 Å². The van der Waals surface area contributed by atoms with Crippen LogP contribution in [0.15, 0.2) is 27.5 Å². The van der Waals surface area contributed by atoms with Crippen LogP contribution in [0.25, 0.3) is 33.5 Å². The molecule has 4 heterocycles. The molecule has 0 aliphatic carbocycles. The van der Waals surface area contributed by atoms with Gasteiger partial charge in [-0.15, -0.1) is 10.2 Å². The van der Waals surface area contributed by atoms with Gasteiger partial charge in [-0.2, -0.15) is 10.2 Å². The Labute approximate surface area is 134 Å². The fraction of sp³-hybridized carbons (Fsp3) is 0.200. The van der Waals surface area contributed by atoms with E-state index in [1.807, 2.05) is 13.8 Å². The normalized spacial score (nSPS) is 11.6. The quantitative estimate of drug-likeness (QED) is 0.531. The van der Waals surface area contributed by atoms with E-state index in [9.17, 15) is 4.79 Å². The lowest BCUT2D eigenvalue weighted by Gasteiger charge is -2.07. The van der Waals surface area contributed by atoms with Crippen molar-refractivity contribution in [3.8, 4) is 11.4 Å². The fourth-order valence-electron chi connectivity index (χ4n) is 2.49. The van der Waals surface area contributed by atoms with Gasteiger partial charge in [0.25, 0.3) is 0 Å². The highest BCUT2D eigenvalue weighted by Crippen LogP contribution is 2.26. The van der Waals surface area contributed by atoms with E-state index in [1.165, 1.54) is 6.20 Å². The van der Waals surface area contributed by atoms with Gasteiger partial charge in [0.05, 0.1) is 22.5 Å². The first kappa shape index (κ1) is 14.2. The second-order valence-electron chi connectivity index (χ2n) is 5.70. The van der Waals surface area contributed by atoms with Crippen molar-refractivity contribution in [2.75, 3.05) is 5.73 Å². The van der Waals surface area contributed by atoms with Gasteiger partial charge in [0.15, 0.2) is 5.58 Å². The summed E-state index contributed by atoms with van der Waals surface area (Å²) in [5.74, 6) is 0.612. The first-order valence-electron chi connectivity index (χ1n) is 7.31. The first-order chi connectivity index (χ1) is 11.5. The molecule has 0 fully saturated rings. The number of tetrazole rings is 1. The first-order valence-corrected chi connectivity index (χ1v) is 7.31. The van der Waals surface area contributed by atoms with Crippen LogP contribution < -0.4 is 11.2 Å². The Bertz CT molecular complexity index is 1120. The number of H-pyrrole nitrogens is 1. The number of hydrogen-bond acceptors (Lipinski definition) is 8. The van der Waals surface area contributed by atoms with Crippen LogP contribution in [0.1, 0.15) is 25.5 Å². The van der Waals surface area contributed by atoms with Crippen LogP contribution in [0.5, 0.6) is 0 Å². The number of nitrogens with two attached hydrogens (primary N) is 1. The third kappa shape index (κ3) is 2.09. The second-order valence-corrected chi connectivity index (χ2v) is 5.70.